The molecular formula is C19H26N4O4S. The van der Waals surface area contributed by atoms with Gasteiger partial charge in [0, 0.05) is 26.2 Å². The van der Waals surface area contributed by atoms with Crippen molar-refractivity contribution < 1.29 is 17.9 Å². The number of benzene rings is 1. The lowest BCUT2D eigenvalue weighted by Gasteiger charge is -2.35. The number of hydrogen-bond donors (Lipinski definition) is 0. The summed E-state index contributed by atoms with van der Waals surface area (Å²) in [6.07, 6.45) is 1.50. The average molecular weight is 407 g/mol. The van der Waals surface area contributed by atoms with E-state index in [0.29, 0.717) is 49.5 Å². The maximum absolute atomic E-state index is 12.4. The number of aromatic nitrogens is 2. The number of esters is 1. The fourth-order valence-electron chi connectivity index (χ4n) is 3.18. The van der Waals surface area contributed by atoms with Crippen molar-refractivity contribution in [2.45, 2.75) is 26.7 Å². The molecule has 1 aromatic carbocycles. The molecule has 1 aromatic heterocycles. The number of ether oxygens (including phenoxy) is 1. The maximum Gasteiger partial charge on any atom is 0.360 e. The average Bonchev–Trinajstić information content (AvgIpc) is 2.71. The van der Waals surface area contributed by atoms with Crippen molar-refractivity contribution in [3.8, 4) is 0 Å². The smallest absolute Gasteiger partial charge is 0.360 e. The Morgan fingerprint density at radius 1 is 1.07 bits per heavy atom. The second-order valence-electron chi connectivity index (χ2n) is 6.66. The molecule has 2 aromatic rings. The van der Waals surface area contributed by atoms with Crippen molar-refractivity contribution in [1.82, 2.24) is 14.3 Å². The van der Waals surface area contributed by atoms with Crippen LogP contribution in [0.3, 0.4) is 0 Å². The standard InChI is InChI=1S/C19H26N4O4S/c1-3-5-14-28(25,26)23-12-10-22(11-13-23)18-17(19(24)27-4-2)20-15-8-6-7-9-16(15)21-18/h6-9H,3-5,10-14H2,1-2H3. The minimum absolute atomic E-state index is 0.169. The van der Waals surface area contributed by atoms with Crippen LogP contribution >= 0.6 is 0 Å². The van der Waals surface area contributed by atoms with Gasteiger partial charge < -0.3 is 9.64 Å². The highest BCUT2D eigenvalue weighted by Gasteiger charge is 2.30. The van der Waals surface area contributed by atoms with Crippen LogP contribution < -0.4 is 4.90 Å². The SMILES string of the molecule is CCCCS(=O)(=O)N1CCN(c2nc3ccccc3nc2C(=O)OCC)CC1. The second kappa shape index (κ2) is 8.83. The highest BCUT2D eigenvalue weighted by Crippen LogP contribution is 2.23. The van der Waals surface area contributed by atoms with Gasteiger partial charge in [-0.2, -0.15) is 4.31 Å². The Balaban J connectivity index is 1.85. The van der Waals surface area contributed by atoms with Crippen molar-refractivity contribution in [1.29, 1.82) is 0 Å². The number of unbranched alkanes of at least 4 members (excludes halogenated alkanes) is 1. The molecular weight excluding hydrogens is 380 g/mol. The predicted octanol–water partition coefficient (Wildman–Crippen LogP) is 2.06. The first-order chi connectivity index (χ1) is 13.5. The summed E-state index contributed by atoms with van der Waals surface area (Å²) < 4.78 is 31.5. The largest absolute Gasteiger partial charge is 0.461 e. The molecule has 0 atom stereocenters. The van der Waals surface area contributed by atoms with E-state index in [1.54, 1.807) is 13.0 Å². The van der Waals surface area contributed by atoms with Crippen LogP contribution in [0.15, 0.2) is 24.3 Å². The molecule has 3 rings (SSSR count). The van der Waals surface area contributed by atoms with Gasteiger partial charge in [-0.3, -0.25) is 0 Å². The second-order valence-corrected chi connectivity index (χ2v) is 8.75. The lowest BCUT2D eigenvalue weighted by Crippen LogP contribution is -2.50. The molecule has 0 unspecified atom stereocenters. The van der Waals surface area contributed by atoms with Gasteiger partial charge in [-0.25, -0.2) is 23.2 Å². The minimum atomic E-state index is -3.24. The third-order valence-corrected chi connectivity index (χ3v) is 6.66. The molecule has 8 nitrogen and oxygen atoms in total. The number of carbonyl (C=O) groups is 1. The number of sulfonamides is 1. The number of para-hydroxylation sites is 2. The molecule has 2 heterocycles. The first-order valence-corrected chi connectivity index (χ1v) is 11.2. The van der Waals surface area contributed by atoms with E-state index in [1.165, 1.54) is 4.31 Å². The zero-order valence-electron chi connectivity index (χ0n) is 16.3. The van der Waals surface area contributed by atoms with Crippen molar-refractivity contribution in [3.05, 3.63) is 30.0 Å². The number of hydrogen-bond acceptors (Lipinski definition) is 7. The maximum atomic E-state index is 12.4. The van der Waals surface area contributed by atoms with Crippen LogP contribution in [-0.2, 0) is 14.8 Å². The number of anilines is 1. The molecule has 0 amide bonds. The minimum Gasteiger partial charge on any atom is -0.461 e. The van der Waals surface area contributed by atoms with Gasteiger partial charge in [0.05, 0.1) is 23.4 Å². The first-order valence-electron chi connectivity index (χ1n) is 9.63. The Labute approximate surface area is 165 Å². The summed E-state index contributed by atoms with van der Waals surface area (Å²) in [5, 5.41) is 0. The summed E-state index contributed by atoms with van der Waals surface area (Å²) in [4.78, 5) is 23.5. The topological polar surface area (TPSA) is 92.7 Å². The number of carbonyl (C=O) groups excluding carboxylic acids is 1. The summed E-state index contributed by atoms with van der Waals surface area (Å²) in [5.74, 6) is 0.101. The van der Waals surface area contributed by atoms with Gasteiger partial charge in [0.1, 0.15) is 0 Å². The highest BCUT2D eigenvalue weighted by molar-refractivity contribution is 7.89. The van der Waals surface area contributed by atoms with Crippen LogP contribution in [0, 0.1) is 0 Å². The van der Waals surface area contributed by atoms with E-state index in [1.807, 2.05) is 30.0 Å². The fraction of sp³-hybridized carbons (Fsp3) is 0.526. The van der Waals surface area contributed by atoms with Gasteiger partial charge in [0.2, 0.25) is 10.0 Å². The third-order valence-electron chi connectivity index (χ3n) is 4.71. The normalized spacial score (nSPS) is 15.7. The zero-order valence-corrected chi connectivity index (χ0v) is 17.1. The summed E-state index contributed by atoms with van der Waals surface area (Å²) in [6, 6.07) is 7.34. The zero-order chi connectivity index (χ0) is 20.1. The Morgan fingerprint density at radius 3 is 2.32 bits per heavy atom. The molecule has 0 radical (unpaired) electrons. The first kappa shape index (κ1) is 20.5. The molecule has 28 heavy (non-hydrogen) atoms. The number of piperazine rings is 1. The molecule has 1 aliphatic heterocycles. The van der Waals surface area contributed by atoms with Gasteiger partial charge >= 0.3 is 5.97 Å². The van der Waals surface area contributed by atoms with Gasteiger partial charge in [-0.15, -0.1) is 0 Å². The van der Waals surface area contributed by atoms with Crippen LogP contribution in [0.1, 0.15) is 37.2 Å². The van der Waals surface area contributed by atoms with Crippen LogP contribution in [0.4, 0.5) is 5.82 Å². The summed E-state index contributed by atoms with van der Waals surface area (Å²) in [7, 11) is -3.24. The van der Waals surface area contributed by atoms with E-state index >= 15 is 0 Å². The Bertz CT molecular complexity index is 940. The van der Waals surface area contributed by atoms with Crippen LogP contribution in [-0.4, -0.2) is 67.2 Å². The highest BCUT2D eigenvalue weighted by atomic mass is 32.2. The quantitative estimate of drug-likeness (QED) is 0.650. The molecule has 0 bridgehead atoms. The predicted molar refractivity (Wildman–Crippen MR) is 108 cm³/mol. The third kappa shape index (κ3) is 4.41. The summed E-state index contributed by atoms with van der Waals surface area (Å²) in [5.41, 5.74) is 1.47. The van der Waals surface area contributed by atoms with E-state index in [2.05, 4.69) is 9.97 Å². The summed E-state index contributed by atoms with van der Waals surface area (Å²) in [6.45, 7) is 5.59. The van der Waals surface area contributed by atoms with E-state index < -0.39 is 16.0 Å². The number of nitrogens with zero attached hydrogens (tertiary/aromatic N) is 4. The van der Waals surface area contributed by atoms with Crippen molar-refractivity contribution in [2.75, 3.05) is 43.4 Å². The van der Waals surface area contributed by atoms with Crippen molar-refractivity contribution in [2.24, 2.45) is 0 Å². The lowest BCUT2D eigenvalue weighted by molar-refractivity contribution is 0.0520. The molecule has 0 aliphatic carbocycles. The fourth-order valence-corrected chi connectivity index (χ4v) is 4.81. The van der Waals surface area contributed by atoms with Crippen LogP contribution in [0.5, 0.6) is 0 Å². The Hall–Kier alpha value is -2.26. The molecule has 152 valence electrons. The van der Waals surface area contributed by atoms with Crippen molar-refractivity contribution in [3.63, 3.8) is 0 Å². The molecule has 1 saturated heterocycles. The van der Waals surface area contributed by atoms with Crippen LogP contribution in [0.25, 0.3) is 11.0 Å². The molecule has 0 saturated carbocycles. The molecule has 9 heteroatoms. The van der Waals surface area contributed by atoms with Gasteiger partial charge in [-0.05, 0) is 25.5 Å². The Morgan fingerprint density at radius 2 is 1.71 bits per heavy atom. The monoisotopic (exact) mass is 406 g/mol. The van der Waals surface area contributed by atoms with Crippen LogP contribution in [0.2, 0.25) is 0 Å². The van der Waals surface area contributed by atoms with E-state index in [4.69, 9.17) is 4.74 Å². The van der Waals surface area contributed by atoms with Gasteiger partial charge in [0.15, 0.2) is 11.5 Å². The van der Waals surface area contributed by atoms with E-state index in [-0.39, 0.29) is 18.1 Å². The van der Waals surface area contributed by atoms with E-state index in [9.17, 15) is 13.2 Å². The molecule has 1 fully saturated rings. The molecule has 0 spiro atoms. The summed E-state index contributed by atoms with van der Waals surface area (Å²) >= 11 is 0. The Kier molecular flexibility index (Phi) is 6.46. The van der Waals surface area contributed by atoms with Gasteiger partial charge in [-0.1, -0.05) is 25.5 Å². The number of rotatable bonds is 7. The van der Waals surface area contributed by atoms with Crippen molar-refractivity contribution >= 4 is 32.8 Å². The lowest BCUT2D eigenvalue weighted by atomic mass is 10.2. The number of fused-ring (bicyclic) bond motifs is 1. The molecule has 0 N–H and O–H groups in total. The van der Waals surface area contributed by atoms with E-state index in [0.717, 1.165) is 6.42 Å². The molecule has 1 aliphatic rings. The van der Waals surface area contributed by atoms with Gasteiger partial charge in [0.25, 0.3) is 0 Å².